The molecule has 0 radical (unpaired) electrons. The monoisotopic (exact) mass is 189 g/mol. The van der Waals surface area contributed by atoms with Crippen LogP contribution in [0.4, 0.5) is 0 Å². The Labute approximate surface area is 80.9 Å². The standard InChI is InChI=1S/C10H20ClN/c1-9(7-11)8-12-10-5-3-2-4-6-10/h9-10,12H,2-8H2,1H3. The first-order valence-corrected chi connectivity index (χ1v) is 5.65. The van der Waals surface area contributed by atoms with Gasteiger partial charge in [-0.25, -0.2) is 0 Å². The van der Waals surface area contributed by atoms with E-state index in [1.807, 2.05) is 0 Å². The topological polar surface area (TPSA) is 12.0 Å². The molecule has 12 heavy (non-hydrogen) atoms. The largest absolute Gasteiger partial charge is 0.314 e. The Morgan fingerprint density at radius 3 is 2.58 bits per heavy atom. The summed E-state index contributed by atoms with van der Waals surface area (Å²) in [5.41, 5.74) is 0. The fraction of sp³-hybridized carbons (Fsp3) is 1.00. The lowest BCUT2D eigenvalue weighted by Gasteiger charge is -2.24. The minimum Gasteiger partial charge on any atom is -0.314 e. The number of hydrogen-bond acceptors (Lipinski definition) is 1. The van der Waals surface area contributed by atoms with Crippen LogP contribution < -0.4 is 5.32 Å². The molecule has 2 heteroatoms. The molecule has 1 rings (SSSR count). The lowest BCUT2D eigenvalue weighted by Crippen LogP contribution is -2.34. The Morgan fingerprint density at radius 1 is 1.33 bits per heavy atom. The van der Waals surface area contributed by atoms with E-state index < -0.39 is 0 Å². The molecule has 0 aliphatic heterocycles. The maximum Gasteiger partial charge on any atom is 0.0261 e. The van der Waals surface area contributed by atoms with E-state index in [1.165, 1.54) is 32.1 Å². The number of nitrogens with one attached hydrogen (secondary N) is 1. The summed E-state index contributed by atoms with van der Waals surface area (Å²) in [6.45, 7) is 3.29. The third kappa shape index (κ3) is 3.77. The number of rotatable bonds is 4. The van der Waals surface area contributed by atoms with Gasteiger partial charge in [-0.3, -0.25) is 0 Å². The van der Waals surface area contributed by atoms with Crippen LogP contribution in [0.5, 0.6) is 0 Å². The zero-order valence-electron chi connectivity index (χ0n) is 7.98. The second-order valence-corrected chi connectivity index (χ2v) is 4.31. The van der Waals surface area contributed by atoms with Gasteiger partial charge in [0.2, 0.25) is 0 Å². The van der Waals surface area contributed by atoms with Crippen molar-refractivity contribution in [2.45, 2.75) is 45.1 Å². The summed E-state index contributed by atoms with van der Waals surface area (Å²) in [6, 6.07) is 0.782. The summed E-state index contributed by atoms with van der Waals surface area (Å²) in [6.07, 6.45) is 6.99. The van der Waals surface area contributed by atoms with Gasteiger partial charge in [0.05, 0.1) is 0 Å². The van der Waals surface area contributed by atoms with E-state index in [9.17, 15) is 0 Å². The lowest BCUT2D eigenvalue weighted by atomic mass is 9.95. The summed E-state index contributed by atoms with van der Waals surface area (Å²) in [4.78, 5) is 0. The highest BCUT2D eigenvalue weighted by molar-refractivity contribution is 6.18. The zero-order valence-corrected chi connectivity index (χ0v) is 8.74. The molecular weight excluding hydrogens is 170 g/mol. The molecule has 72 valence electrons. The summed E-state index contributed by atoms with van der Waals surface area (Å²) in [5, 5.41) is 3.59. The Morgan fingerprint density at radius 2 is 2.00 bits per heavy atom. The van der Waals surface area contributed by atoms with Crippen LogP contribution in [0.25, 0.3) is 0 Å². The third-order valence-corrected chi connectivity index (χ3v) is 3.15. The van der Waals surface area contributed by atoms with Crippen molar-refractivity contribution in [2.75, 3.05) is 12.4 Å². The maximum absolute atomic E-state index is 5.73. The molecule has 0 aromatic carbocycles. The van der Waals surface area contributed by atoms with Crippen LogP contribution in [0.15, 0.2) is 0 Å². The van der Waals surface area contributed by atoms with Gasteiger partial charge in [-0.15, -0.1) is 11.6 Å². The highest BCUT2D eigenvalue weighted by Gasteiger charge is 2.12. The third-order valence-electron chi connectivity index (χ3n) is 2.62. The van der Waals surface area contributed by atoms with Crippen LogP contribution in [0, 0.1) is 5.92 Å². The molecule has 0 saturated heterocycles. The van der Waals surface area contributed by atoms with Crippen molar-refractivity contribution in [1.82, 2.24) is 5.32 Å². The highest BCUT2D eigenvalue weighted by atomic mass is 35.5. The fourth-order valence-electron chi connectivity index (χ4n) is 1.73. The molecule has 0 aromatic heterocycles. The van der Waals surface area contributed by atoms with Crippen LogP contribution in [0.2, 0.25) is 0 Å². The van der Waals surface area contributed by atoms with Gasteiger partial charge >= 0.3 is 0 Å². The first-order chi connectivity index (χ1) is 5.83. The molecule has 0 bridgehead atoms. The van der Waals surface area contributed by atoms with Crippen LogP contribution in [-0.2, 0) is 0 Å². The molecule has 1 atom stereocenters. The van der Waals surface area contributed by atoms with E-state index in [0.717, 1.165) is 18.5 Å². The van der Waals surface area contributed by atoms with Gasteiger partial charge < -0.3 is 5.32 Å². The van der Waals surface area contributed by atoms with Crippen LogP contribution in [0.3, 0.4) is 0 Å². The van der Waals surface area contributed by atoms with E-state index in [4.69, 9.17) is 11.6 Å². The maximum atomic E-state index is 5.73. The number of alkyl halides is 1. The van der Waals surface area contributed by atoms with Crippen molar-refractivity contribution in [2.24, 2.45) is 5.92 Å². The highest BCUT2D eigenvalue weighted by Crippen LogP contribution is 2.17. The van der Waals surface area contributed by atoms with E-state index >= 15 is 0 Å². The smallest absolute Gasteiger partial charge is 0.0261 e. The molecule has 1 N–H and O–H groups in total. The second kappa shape index (κ2) is 5.82. The van der Waals surface area contributed by atoms with E-state index in [2.05, 4.69) is 12.2 Å². The van der Waals surface area contributed by atoms with E-state index in [-0.39, 0.29) is 0 Å². The van der Waals surface area contributed by atoms with E-state index in [1.54, 1.807) is 0 Å². The molecule has 1 unspecified atom stereocenters. The molecule has 1 saturated carbocycles. The molecule has 1 aliphatic rings. The van der Waals surface area contributed by atoms with E-state index in [0.29, 0.717) is 5.92 Å². The Bertz CT molecular complexity index is 110. The number of hydrogen-bond donors (Lipinski definition) is 1. The Balaban J connectivity index is 2.05. The van der Waals surface area contributed by atoms with Crippen molar-refractivity contribution >= 4 is 11.6 Å². The minimum absolute atomic E-state index is 0.619. The van der Waals surface area contributed by atoms with Crippen LogP contribution in [-0.4, -0.2) is 18.5 Å². The summed E-state index contributed by atoms with van der Waals surface area (Å²) in [5.74, 6) is 1.40. The Hall–Kier alpha value is 0.250. The van der Waals surface area contributed by atoms with Crippen molar-refractivity contribution < 1.29 is 0 Å². The van der Waals surface area contributed by atoms with Crippen molar-refractivity contribution in [3.63, 3.8) is 0 Å². The molecule has 0 spiro atoms. The normalized spacial score (nSPS) is 22.5. The SMILES string of the molecule is CC(CCl)CNC1CCCCC1. The van der Waals surface area contributed by atoms with Crippen LogP contribution >= 0.6 is 11.6 Å². The molecule has 0 amide bonds. The molecule has 1 nitrogen and oxygen atoms in total. The van der Waals surface area contributed by atoms with Gasteiger partial charge in [0.1, 0.15) is 0 Å². The summed E-state index contributed by atoms with van der Waals surface area (Å²) in [7, 11) is 0. The molecular formula is C10H20ClN. The molecule has 0 heterocycles. The average molecular weight is 190 g/mol. The van der Waals surface area contributed by atoms with Crippen molar-refractivity contribution in [1.29, 1.82) is 0 Å². The quantitative estimate of drug-likeness (QED) is 0.671. The van der Waals surface area contributed by atoms with Gasteiger partial charge in [0.15, 0.2) is 0 Å². The summed E-state index contributed by atoms with van der Waals surface area (Å²) < 4.78 is 0. The second-order valence-electron chi connectivity index (χ2n) is 4.00. The first kappa shape index (κ1) is 10.3. The zero-order chi connectivity index (χ0) is 8.81. The number of halogens is 1. The fourth-order valence-corrected chi connectivity index (χ4v) is 1.84. The molecule has 0 aromatic rings. The average Bonchev–Trinajstić information content (AvgIpc) is 2.16. The summed E-state index contributed by atoms with van der Waals surface area (Å²) >= 11 is 5.73. The van der Waals surface area contributed by atoms with Crippen LogP contribution in [0.1, 0.15) is 39.0 Å². The minimum atomic E-state index is 0.619. The first-order valence-electron chi connectivity index (χ1n) is 5.12. The van der Waals surface area contributed by atoms with Gasteiger partial charge in [-0.1, -0.05) is 26.2 Å². The van der Waals surface area contributed by atoms with Gasteiger partial charge in [0.25, 0.3) is 0 Å². The lowest BCUT2D eigenvalue weighted by molar-refractivity contribution is 0.359. The molecule has 1 fully saturated rings. The van der Waals surface area contributed by atoms with Crippen molar-refractivity contribution in [3.05, 3.63) is 0 Å². The predicted octanol–water partition coefficient (Wildman–Crippen LogP) is 2.78. The van der Waals surface area contributed by atoms with Gasteiger partial charge in [0, 0.05) is 11.9 Å². The van der Waals surface area contributed by atoms with Gasteiger partial charge in [-0.05, 0) is 25.3 Å². The Kier molecular flexibility index (Phi) is 5.01. The van der Waals surface area contributed by atoms with Gasteiger partial charge in [-0.2, -0.15) is 0 Å². The molecule has 1 aliphatic carbocycles. The predicted molar refractivity (Wildman–Crippen MR) is 54.8 cm³/mol. The van der Waals surface area contributed by atoms with Crippen molar-refractivity contribution in [3.8, 4) is 0 Å².